The third kappa shape index (κ3) is 4.42. The fraction of sp³-hybridized carbons (Fsp3) is 0.556. The number of carbonyl (C=O) groups excluding carboxylic acids is 2. The number of methoxy groups -OCH3 is 1. The third-order valence-corrected chi connectivity index (χ3v) is 6.18. The molecule has 142 valence electrons. The van der Waals surface area contributed by atoms with Gasteiger partial charge in [0, 0.05) is 30.4 Å². The highest BCUT2D eigenvalue weighted by molar-refractivity contribution is 7.90. The van der Waals surface area contributed by atoms with Crippen LogP contribution in [0.25, 0.3) is 0 Å². The Morgan fingerprint density at radius 2 is 1.85 bits per heavy atom. The minimum atomic E-state index is -3.53. The summed E-state index contributed by atoms with van der Waals surface area (Å²) < 4.78 is 28.4. The molecule has 2 heterocycles. The Labute approximate surface area is 153 Å². The average Bonchev–Trinajstić information content (AvgIpc) is 2.91. The number of hydrogen-bond donors (Lipinski definition) is 2. The van der Waals surface area contributed by atoms with Gasteiger partial charge in [-0.15, -0.1) is 0 Å². The molecule has 1 aromatic rings. The van der Waals surface area contributed by atoms with Crippen LogP contribution in [0.2, 0.25) is 0 Å². The number of amides is 1. The van der Waals surface area contributed by atoms with Crippen LogP contribution in [0.15, 0.2) is 23.1 Å². The molecule has 2 bridgehead atoms. The van der Waals surface area contributed by atoms with Crippen LogP contribution in [0.3, 0.4) is 0 Å². The topological polar surface area (TPSA) is 102 Å². The molecule has 2 atom stereocenters. The lowest BCUT2D eigenvalue weighted by Gasteiger charge is -2.28. The molecule has 0 aromatic heterocycles. The monoisotopic (exact) mass is 380 g/mol. The summed E-state index contributed by atoms with van der Waals surface area (Å²) in [4.78, 5) is 24.2. The van der Waals surface area contributed by atoms with Crippen molar-refractivity contribution in [2.45, 2.75) is 49.1 Å². The van der Waals surface area contributed by atoms with Crippen LogP contribution in [-0.4, -0.2) is 45.7 Å². The number of fused-ring (bicyclic) bond motifs is 2. The highest BCUT2D eigenvalue weighted by Crippen LogP contribution is 2.33. The van der Waals surface area contributed by atoms with Crippen molar-refractivity contribution in [3.8, 4) is 0 Å². The molecule has 2 saturated heterocycles. The van der Waals surface area contributed by atoms with Crippen molar-refractivity contribution >= 4 is 27.4 Å². The molecule has 2 fully saturated rings. The Morgan fingerprint density at radius 3 is 2.42 bits per heavy atom. The summed E-state index contributed by atoms with van der Waals surface area (Å²) in [5.74, 6) is -0.495. The van der Waals surface area contributed by atoms with Crippen LogP contribution in [0.1, 0.15) is 42.5 Å². The summed E-state index contributed by atoms with van der Waals surface area (Å²) in [6.07, 6.45) is 5.76. The van der Waals surface area contributed by atoms with Gasteiger partial charge in [-0.2, -0.15) is 0 Å². The van der Waals surface area contributed by atoms with Crippen molar-refractivity contribution in [1.82, 2.24) is 5.32 Å². The number of rotatable bonds is 5. The van der Waals surface area contributed by atoms with Gasteiger partial charge in [0.25, 0.3) is 0 Å². The molecule has 0 aliphatic carbocycles. The molecule has 26 heavy (non-hydrogen) atoms. The van der Waals surface area contributed by atoms with E-state index in [1.165, 1.54) is 38.2 Å². The van der Waals surface area contributed by atoms with Crippen LogP contribution < -0.4 is 10.6 Å². The summed E-state index contributed by atoms with van der Waals surface area (Å²) in [5, 5.41) is 6.28. The number of esters is 1. The molecule has 2 unspecified atom stereocenters. The zero-order valence-electron chi connectivity index (χ0n) is 14.9. The van der Waals surface area contributed by atoms with E-state index in [0.29, 0.717) is 24.4 Å². The first-order chi connectivity index (χ1) is 12.2. The molecular formula is C18H24N2O5S. The maximum atomic E-state index is 12.4. The highest BCUT2D eigenvalue weighted by atomic mass is 32.2. The summed E-state index contributed by atoms with van der Waals surface area (Å²) in [6, 6.07) is 5.06. The smallest absolute Gasteiger partial charge is 0.337 e. The van der Waals surface area contributed by atoms with Crippen molar-refractivity contribution in [2.75, 3.05) is 18.7 Å². The molecule has 0 saturated carbocycles. The van der Waals surface area contributed by atoms with E-state index in [4.69, 9.17) is 0 Å². The zero-order valence-corrected chi connectivity index (χ0v) is 15.8. The standard InChI is InChI=1S/C18H24N2O5S/c1-25-18(22)12-8-15(10-16(9-12)26(2,23)24)20-17(21)7-11-5-13-3-4-14(6-11)19-13/h8-11,13-14,19H,3-7H2,1-2H3,(H,20,21). The van der Waals surface area contributed by atoms with Gasteiger partial charge in [0.05, 0.1) is 17.6 Å². The average molecular weight is 380 g/mol. The second kappa shape index (κ2) is 7.36. The fourth-order valence-electron chi connectivity index (χ4n) is 3.94. The van der Waals surface area contributed by atoms with Crippen LogP contribution in [0.5, 0.6) is 0 Å². The molecule has 0 radical (unpaired) electrons. The second-order valence-corrected chi connectivity index (χ2v) is 9.25. The molecule has 2 N–H and O–H groups in total. The number of hydrogen-bond acceptors (Lipinski definition) is 6. The molecule has 8 heteroatoms. The van der Waals surface area contributed by atoms with E-state index in [1.54, 1.807) is 0 Å². The van der Waals surface area contributed by atoms with Crippen molar-refractivity contribution in [3.63, 3.8) is 0 Å². The minimum Gasteiger partial charge on any atom is -0.465 e. The predicted molar refractivity (Wildman–Crippen MR) is 96.8 cm³/mol. The first-order valence-corrected chi connectivity index (χ1v) is 10.6. The van der Waals surface area contributed by atoms with E-state index in [1.807, 2.05) is 0 Å². The van der Waals surface area contributed by atoms with Crippen LogP contribution >= 0.6 is 0 Å². The van der Waals surface area contributed by atoms with Gasteiger partial charge < -0.3 is 15.4 Å². The summed E-state index contributed by atoms with van der Waals surface area (Å²) in [6.45, 7) is 0. The lowest BCUT2D eigenvalue weighted by Crippen LogP contribution is -2.39. The van der Waals surface area contributed by atoms with Crippen molar-refractivity contribution in [2.24, 2.45) is 5.92 Å². The zero-order chi connectivity index (χ0) is 18.9. The van der Waals surface area contributed by atoms with Gasteiger partial charge in [-0.1, -0.05) is 0 Å². The molecule has 0 spiro atoms. The quantitative estimate of drug-likeness (QED) is 0.755. The first-order valence-electron chi connectivity index (χ1n) is 8.74. The van der Waals surface area contributed by atoms with Gasteiger partial charge in [0.2, 0.25) is 5.91 Å². The van der Waals surface area contributed by atoms with Crippen LogP contribution in [-0.2, 0) is 19.4 Å². The summed E-state index contributed by atoms with van der Waals surface area (Å²) >= 11 is 0. The molecule has 2 aliphatic rings. The maximum Gasteiger partial charge on any atom is 0.337 e. The Balaban J connectivity index is 1.73. The number of nitrogens with one attached hydrogen (secondary N) is 2. The molecule has 3 rings (SSSR count). The SMILES string of the molecule is COC(=O)c1cc(NC(=O)CC2CC3CCC(C2)N3)cc(S(C)(=O)=O)c1. The Bertz CT molecular complexity index is 809. The van der Waals surface area contributed by atoms with E-state index >= 15 is 0 Å². The number of carbonyl (C=O) groups is 2. The van der Waals surface area contributed by atoms with Gasteiger partial charge in [0.1, 0.15) is 0 Å². The van der Waals surface area contributed by atoms with Crippen molar-refractivity contribution < 1.29 is 22.7 Å². The van der Waals surface area contributed by atoms with Gasteiger partial charge >= 0.3 is 5.97 Å². The number of sulfone groups is 1. The third-order valence-electron chi connectivity index (χ3n) is 5.08. The number of ether oxygens (including phenoxy) is 1. The van der Waals surface area contributed by atoms with Gasteiger partial charge in [0.15, 0.2) is 9.84 Å². The number of piperidine rings is 1. The van der Waals surface area contributed by atoms with Gasteiger partial charge in [-0.3, -0.25) is 4.79 Å². The van der Waals surface area contributed by atoms with Gasteiger partial charge in [-0.25, -0.2) is 13.2 Å². The Kier molecular flexibility index (Phi) is 5.34. The lowest BCUT2D eigenvalue weighted by atomic mass is 9.89. The highest BCUT2D eigenvalue weighted by Gasteiger charge is 2.34. The van der Waals surface area contributed by atoms with E-state index < -0.39 is 15.8 Å². The molecule has 1 aromatic carbocycles. The minimum absolute atomic E-state index is 0.0318. The van der Waals surface area contributed by atoms with E-state index in [2.05, 4.69) is 15.4 Å². The second-order valence-electron chi connectivity index (χ2n) is 7.24. The van der Waals surface area contributed by atoms with Crippen molar-refractivity contribution in [3.05, 3.63) is 23.8 Å². The first kappa shape index (κ1) is 18.8. The lowest BCUT2D eigenvalue weighted by molar-refractivity contribution is -0.117. The van der Waals surface area contributed by atoms with Crippen LogP contribution in [0, 0.1) is 5.92 Å². The number of benzene rings is 1. The van der Waals surface area contributed by atoms with Gasteiger partial charge in [-0.05, 0) is 49.8 Å². The largest absolute Gasteiger partial charge is 0.465 e. The summed E-state index contributed by atoms with van der Waals surface area (Å²) in [5.41, 5.74) is 0.376. The normalized spacial score (nSPS) is 24.9. The van der Waals surface area contributed by atoms with E-state index in [0.717, 1.165) is 19.1 Å². The molecular weight excluding hydrogens is 356 g/mol. The van der Waals surface area contributed by atoms with Crippen LogP contribution in [0.4, 0.5) is 5.69 Å². The summed E-state index contributed by atoms with van der Waals surface area (Å²) in [7, 11) is -2.30. The van der Waals surface area contributed by atoms with E-state index in [-0.39, 0.29) is 22.1 Å². The van der Waals surface area contributed by atoms with Crippen molar-refractivity contribution in [1.29, 1.82) is 0 Å². The Morgan fingerprint density at radius 1 is 1.19 bits per heavy atom. The maximum absolute atomic E-state index is 12.4. The molecule has 1 amide bonds. The fourth-order valence-corrected chi connectivity index (χ4v) is 4.62. The molecule has 2 aliphatic heterocycles. The van der Waals surface area contributed by atoms with E-state index in [9.17, 15) is 18.0 Å². The Hall–Kier alpha value is -1.93. The number of anilines is 1. The predicted octanol–water partition coefficient (Wildman–Crippen LogP) is 1.74. The molecule has 7 nitrogen and oxygen atoms in total.